The fraction of sp³-hybridized carbons (Fsp3) is 0.800. The molecule has 4 nitrogen and oxygen atoms in total. The molecule has 0 atom stereocenters. The van der Waals surface area contributed by atoms with E-state index in [2.05, 4.69) is 38.0 Å². The van der Waals surface area contributed by atoms with Crippen LogP contribution >= 0.6 is 11.3 Å². The quantitative estimate of drug-likeness (QED) is 0.719. The third kappa shape index (κ3) is 5.77. The number of anilines is 1. The smallest absolute Gasteiger partial charge is 0.185 e. The lowest BCUT2D eigenvalue weighted by Gasteiger charge is -2.14. The standard InChI is InChI=1S/C15H29N3OS/c1-6-7-8-18(4)15-17-13(11-19-5)14(20-15)10-16-9-12(2)3/h12,16H,6-11H2,1-5H3. The van der Waals surface area contributed by atoms with Crippen LogP contribution in [0.15, 0.2) is 0 Å². The number of hydrogen-bond acceptors (Lipinski definition) is 5. The lowest BCUT2D eigenvalue weighted by molar-refractivity contribution is 0.181. The summed E-state index contributed by atoms with van der Waals surface area (Å²) in [5.41, 5.74) is 1.08. The van der Waals surface area contributed by atoms with E-state index in [1.807, 2.05) is 0 Å². The van der Waals surface area contributed by atoms with Gasteiger partial charge in [0.1, 0.15) is 0 Å². The molecule has 116 valence electrons. The molecule has 20 heavy (non-hydrogen) atoms. The molecule has 0 aliphatic heterocycles. The summed E-state index contributed by atoms with van der Waals surface area (Å²) in [6, 6.07) is 0. The number of unbranched alkanes of at least 4 members (excludes halogenated alkanes) is 1. The molecule has 0 bridgehead atoms. The SMILES string of the molecule is CCCCN(C)c1nc(COC)c(CNCC(C)C)s1. The first kappa shape index (κ1) is 17.4. The summed E-state index contributed by atoms with van der Waals surface area (Å²) in [4.78, 5) is 8.28. The van der Waals surface area contributed by atoms with Gasteiger partial charge in [0.25, 0.3) is 0 Å². The number of rotatable bonds is 10. The fourth-order valence-corrected chi connectivity index (χ4v) is 2.91. The summed E-state index contributed by atoms with van der Waals surface area (Å²) in [6.45, 7) is 10.2. The maximum Gasteiger partial charge on any atom is 0.185 e. The Morgan fingerprint density at radius 1 is 1.40 bits per heavy atom. The van der Waals surface area contributed by atoms with Crippen molar-refractivity contribution in [2.75, 3.05) is 32.1 Å². The van der Waals surface area contributed by atoms with E-state index < -0.39 is 0 Å². The molecule has 0 radical (unpaired) electrons. The number of nitrogens with one attached hydrogen (secondary N) is 1. The number of aromatic nitrogens is 1. The van der Waals surface area contributed by atoms with Gasteiger partial charge in [0, 0.05) is 32.1 Å². The van der Waals surface area contributed by atoms with Gasteiger partial charge >= 0.3 is 0 Å². The van der Waals surface area contributed by atoms with Crippen molar-refractivity contribution in [2.45, 2.75) is 46.8 Å². The van der Waals surface area contributed by atoms with Gasteiger partial charge in [-0.2, -0.15) is 0 Å². The molecular formula is C15H29N3OS. The zero-order chi connectivity index (χ0) is 15.0. The molecule has 1 heterocycles. The van der Waals surface area contributed by atoms with Gasteiger partial charge in [-0.15, -0.1) is 11.3 Å². The van der Waals surface area contributed by atoms with Gasteiger partial charge < -0.3 is 15.0 Å². The topological polar surface area (TPSA) is 37.4 Å². The van der Waals surface area contributed by atoms with Gasteiger partial charge in [0.2, 0.25) is 0 Å². The maximum atomic E-state index is 5.27. The van der Waals surface area contributed by atoms with Crippen molar-refractivity contribution in [2.24, 2.45) is 5.92 Å². The van der Waals surface area contributed by atoms with Crippen LogP contribution in [0.4, 0.5) is 5.13 Å². The third-order valence-electron chi connectivity index (χ3n) is 3.06. The number of ether oxygens (including phenoxy) is 1. The predicted octanol–water partition coefficient (Wildman–Crippen LogP) is 3.27. The first-order chi connectivity index (χ1) is 9.58. The van der Waals surface area contributed by atoms with Crippen LogP contribution in [0.25, 0.3) is 0 Å². The average molecular weight is 299 g/mol. The molecule has 1 aromatic heterocycles. The highest BCUT2D eigenvalue weighted by atomic mass is 32.1. The van der Waals surface area contributed by atoms with Gasteiger partial charge in [-0.05, 0) is 18.9 Å². The Morgan fingerprint density at radius 2 is 2.15 bits per heavy atom. The Bertz CT molecular complexity index is 379. The van der Waals surface area contributed by atoms with E-state index in [0.29, 0.717) is 12.5 Å². The minimum atomic E-state index is 0.594. The van der Waals surface area contributed by atoms with Gasteiger partial charge in [-0.3, -0.25) is 0 Å². The lowest BCUT2D eigenvalue weighted by atomic mass is 10.2. The molecule has 1 aromatic rings. The van der Waals surface area contributed by atoms with Crippen LogP contribution in [-0.4, -0.2) is 32.2 Å². The number of methoxy groups -OCH3 is 1. The van der Waals surface area contributed by atoms with Gasteiger partial charge in [-0.1, -0.05) is 27.2 Å². The monoisotopic (exact) mass is 299 g/mol. The second kappa shape index (κ2) is 9.32. The minimum absolute atomic E-state index is 0.594. The normalized spacial score (nSPS) is 11.3. The van der Waals surface area contributed by atoms with E-state index in [1.165, 1.54) is 17.7 Å². The second-order valence-corrected chi connectivity index (χ2v) is 6.66. The van der Waals surface area contributed by atoms with Crippen molar-refractivity contribution in [3.63, 3.8) is 0 Å². The summed E-state index contributed by atoms with van der Waals surface area (Å²) in [5.74, 6) is 0.667. The van der Waals surface area contributed by atoms with E-state index in [-0.39, 0.29) is 0 Å². The highest BCUT2D eigenvalue weighted by molar-refractivity contribution is 7.15. The molecule has 0 amide bonds. The number of hydrogen-bond donors (Lipinski definition) is 1. The van der Waals surface area contributed by atoms with E-state index in [9.17, 15) is 0 Å². The van der Waals surface area contributed by atoms with Crippen LogP contribution in [0.1, 0.15) is 44.2 Å². The van der Waals surface area contributed by atoms with E-state index in [1.54, 1.807) is 18.4 Å². The van der Waals surface area contributed by atoms with Gasteiger partial charge in [0.05, 0.1) is 12.3 Å². The molecule has 0 unspecified atom stereocenters. The van der Waals surface area contributed by atoms with Gasteiger partial charge in [0.15, 0.2) is 5.13 Å². The summed E-state index contributed by atoms with van der Waals surface area (Å²) in [7, 11) is 3.85. The van der Waals surface area contributed by atoms with Crippen LogP contribution in [0.5, 0.6) is 0 Å². The van der Waals surface area contributed by atoms with E-state index in [4.69, 9.17) is 9.72 Å². The van der Waals surface area contributed by atoms with Crippen molar-refractivity contribution in [3.05, 3.63) is 10.6 Å². The summed E-state index contributed by atoms with van der Waals surface area (Å²) in [5, 5.41) is 4.60. The molecule has 1 N–H and O–H groups in total. The highest BCUT2D eigenvalue weighted by Gasteiger charge is 2.13. The Hall–Kier alpha value is -0.650. The molecule has 0 aliphatic rings. The molecular weight excluding hydrogens is 270 g/mol. The van der Waals surface area contributed by atoms with Crippen molar-refractivity contribution in [1.82, 2.24) is 10.3 Å². The molecule has 0 aliphatic carbocycles. The Labute approximate surface area is 127 Å². The van der Waals surface area contributed by atoms with Crippen LogP contribution in [0.3, 0.4) is 0 Å². The zero-order valence-electron chi connectivity index (χ0n) is 13.5. The largest absolute Gasteiger partial charge is 0.378 e. The molecule has 0 saturated heterocycles. The molecule has 0 fully saturated rings. The fourth-order valence-electron chi connectivity index (χ4n) is 1.89. The third-order valence-corrected chi connectivity index (χ3v) is 4.27. The number of nitrogens with zero attached hydrogens (tertiary/aromatic N) is 2. The van der Waals surface area contributed by atoms with Crippen molar-refractivity contribution in [1.29, 1.82) is 0 Å². The first-order valence-electron chi connectivity index (χ1n) is 7.47. The first-order valence-corrected chi connectivity index (χ1v) is 8.29. The lowest BCUT2D eigenvalue weighted by Crippen LogP contribution is -2.19. The predicted molar refractivity (Wildman–Crippen MR) is 87.5 cm³/mol. The van der Waals surface area contributed by atoms with E-state index >= 15 is 0 Å². The molecule has 0 saturated carbocycles. The van der Waals surface area contributed by atoms with Crippen LogP contribution in [0, 0.1) is 5.92 Å². The number of thiazole rings is 1. The van der Waals surface area contributed by atoms with Crippen molar-refractivity contribution < 1.29 is 4.74 Å². The molecule has 1 rings (SSSR count). The second-order valence-electron chi connectivity index (χ2n) is 5.60. The van der Waals surface area contributed by atoms with Crippen LogP contribution < -0.4 is 10.2 Å². The Morgan fingerprint density at radius 3 is 2.75 bits per heavy atom. The maximum absolute atomic E-state index is 5.27. The minimum Gasteiger partial charge on any atom is -0.378 e. The molecule has 0 aromatic carbocycles. The van der Waals surface area contributed by atoms with Crippen LogP contribution in [0.2, 0.25) is 0 Å². The highest BCUT2D eigenvalue weighted by Crippen LogP contribution is 2.26. The summed E-state index contributed by atoms with van der Waals surface area (Å²) < 4.78 is 5.27. The van der Waals surface area contributed by atoms with Crippen molar-refractivity contribution >= 4 is 16.5 Å². The summed E-state index contributed by atoms with van der Waals surface area (Å²) >= 11 is 1.78. The molecule has 5 heteroatoms. The van der Waals surface area contributed by atoms with E-state index in [0.717, 1.165) is 30.5 Å². The zero-order valence-corrected chi connectivity index (χ0v) is 14.3. The van der Waals surface area contributed by atoms with Crippen molar-refractivity contribution in [3.8, 4) is 0 Å². The van der Waals surface area contributed by atoms with Gasteiger partial charge in [-0.25, -0.2) is 4.98 Å². The summed E-state index contributed by atoms with van der Waals surface area (Å²) in [6.07, 6.45) is 2.42. The average Bonchev–Trinajstić information content (AvgIpc) is 2.79. The Kier molecular flexibility index (Phi) is 8.11. The molecule has 0 spiro atoms. The van der Waals surface area contributed by atoms with Crippen LogP contribution in [-0.2, 0) is 17.9 Å². The Balaban J connectivity index is 2.68.